The van der Waals surface area contributed by atoms with E-state index in [1.165, 1.54) is 30.4 Å². The summed E-state index contributed by atoms with van der Waals surface area (Å²) >= 11 is 0. The molecule has 1 aliphatic carbocycles. The fraction of sp³-hybridized carbons (Fsp3) is 0.684. The quantitative estimate of drug-likeness (QED) is 0.798. The van der Waals surface area contributed by atoms with Crippen LogP contribution in [0.5, 0.6) is 0 Å². The van der Waals surface area contributed by atoms with Crippen LogP contribution < -0.4 is 5.32 Å². The molecule has 0 bridgehead atoms. The first-order valence-electron chi connectivity index (χ1n) is 8.32. The van der Waals surface area contributed by atoms with Gasteiger partial charge in [0, 0.05) is 12.1 Å². The highest BCUT2D eigenvalue weighted by Gasteiger charge is 2.30. The molecule has 2 rings (SSSR count). The molecule has 0 radical (unpaired) electrons. The number of rotatable bonds is 5. The normalized spacial score (nSPS) is 28.0. The minimum Gasteiger partial charge on any atom is -0.307 e. The Balaban J connectivity index is 1.94. The molecule has 1 aromatic carbocycles. The molecule has 1 nitrogen and oxygen atoms in total. The van der Waals surface area contributed by atoms with E-state index in [1.807, 2.05) is 0 Å². The Hall–Kier alpha value is -0.820. The largest absolute Gasteiger partial charge is 0.307 e. The van der Waals surface area contributed by atoms with Gasteiger partial charge in [-0.25, -0.2) is 0 Å². The van der Waals surface area contributed by atoms with Crippen molar-refractivity contribution in [1.82, 2.24) is 5.32 Å². The second-order valence-electron chi connectivity index (χ2n) is 7.25. The number of hydrogen-bond donors (Lipinski definition) is 1. The van der Waals surface area contributed by atoms with Gasteiger partial charge in [0.05, 0.1) is 0 Å². The van der Waals surface area contributed by atoms with Crippen molar-refractivity contribution in [2.24, 2.45) is 17.8 Å². The zero-order valence-corrected chi connectivity index (χ0v) is 13.8. The third kappa shape index (κ3) is 3.85. The summed E-state index contributed by atoms with van der Waals surface area (Å²) in [5, 5.41) is 3.84. The van der Waals surface area contributed by atoms with Gasteiger partial charge in [0.15, 0.2) is 0 Å². The number of hydrogen-bond acceptors (Lipinski definition) is 1. The third-order valence-corrected chi connectivity index (χ3v) is 5.05. The van der Waals surface area contributed by atoms with Crippen molar-refractivity contribution in [2.45, 2.75) is 66.0 Å². The van der Waals surface area contributed by atoms with Crippen LogP contribution in [0.2, 0.25) is 0 Å². The molecule has 0 saturated heterocycles. The van der Waals surface area contributed by atoms with Gasteiger partial charge in [-0.1, -0.05) is 52.0 Å². The molecule has 1 fully saturated rings. The van der Waals surface area contributed by atoms with E-state index in [1.54, 1.807) is 0 Å². The van der Waals surface area contributed by atoms with E-state index < -0.39 is 0 Å². The first kappa shape index (κ1) is 15.6. The topological polar surface area (TPSA) is 12.0 Å². The molecule has 0 amide bonds. The van der Waals surface area contributed by atoms with Crippen LogP contribution in [-0.4, -0.2) is 6.04 Å². The Morgan fingerprint density at radius 2 is 1.70 bits per heavy atom. The van der Waals surface area contributed by atoms with Gasteiger partial charge in [-0.3, -0.25) is 0 Å². The minimum atomic E-state index is 0.459. The average molecular weight is 273 g/mol. The van der Waals surface area contributed by atoms with Gasteiger partial charge in [-0.05, 0) is 55.1 Å². The molecule has 0 heterocycles. The lowest BCUT2D eigenvalue weighted by Gasteiger charge is -2.24. The summed E-state index contributed by atoms with van der Waals surface area (Å²) in [6.45, 7) is 11.6. The lowest BCUT2D eigenvalue weighted by molar-refractivity contribution is 0.347. The van der Waals surface area contributed by atoms with E-state index in [0.29, 0.717) is 12.1 Å². The maximum absolute atomic E-state index is 3.84. The Morgan fingerprint density at radius 1 is 1.05 bits per heavy atom. The highest BCUT2D eigenvalue weighted by molar-refractivity contribution is 5.25. The monoisotopic (exact) mass is 273 g/mol. The summed E-state index contributed by atoms with van der Waals surface area (Å²) in [4.78, 5) is 0. The highest BCUT2D eigenvalue weighted by atomic mass is 15.0. The molecule has 0 aliphatic heterocycles. The van der Waals surface area contributed by atoms with Crippen molar-refractivity contribution in [3.63, 3.8) is 0 Å². The molecule has 4 unspecified atom stereocenters. The molecule has 1 heteroatoms. The van der Waals surface area contributed by atoms with Crippen LogP contribution in [-0.2, 0) is 6.42 Å². The van der Waals surface area contributed by atoms with E-state index >= 15 is 0 Å². The van der Waals surface area contributed by atoms with Crippen molar-refractivity contribution in [2.75, 3.05) is 0 Å². The van der Waals surface area contributed by atoms with E-state index in [-0.39, 0.29) is 0 Å². The predicted octanol–water partition coefficient (Wildman–Crippen LogP) is 4.97. The molecule has 0 spiro atoms. The third-order valence-electron chi connectivity index (χ3n) is 5.05. The van der Waals surface area contributed by atoms with E-state index in [4.69, 9.17) is 0 Å². The summed E-state index contributed by atoms with van der Waals surface area (Å²) in [7, 11) is 0. The Labute approximate surface area is 125 Å². The van der Waals surface area contributed by atoms with Gasteiger partial charge in [0.2, 0.25) is 0 Å². The van der Waals surface area contributed by atoms with Gasteiger partial charge in [-0.2, -0.15) is 0 Å². The Kier molecular flexibility index (Phi) is 5.26. The molecular formula is C19H31N. The highest BCUT2D eigenvalue weighted by Crippen LogP contribution is 2.32. The van der Waals surface area contributed by atoms with Crippen molar-refractivity contribution in [3.05, 3.63) is 35.4 Å². The SMILES string of the molecule is CC(C)Cc1ccc(C(C)NC2CCC(C)C2C)cc1. The fourth-order valence-corrected chi connectivity index (χ4v) is 3.43. The summed E-state index contributed by atoms with van der Waals surface area (Å²) in [5.74, 6) is 2.41. The summed E-state index contributed by atoms with van der Waals surface area (Å²) in [5.41, 5.74) is 2.88. The van der Waals surface area contributed by atoms with Crippen molar-refractivity contribution < 1.29 is 0 Å². The van der Waals surface area contributed by atoms with Gasteiger partial charge < -0.3 is 5.32 Å². The van der Waals surface area contributed by atoms with Crippen LogP contribution in [0.15, 0.2) is 24.3 Å². The van der Waals surface area contributed by atoms with Gasteiger partial charge in [-0.15, -0.1) is 0 Å². The molecule has 112 valence electrons. The lowest BCUT2D eigenvalue weighted by atomic mass is 9.96. The molecule has 4 atom stereocenters. The van der Waals surface area contributed by atoms with Crippen LogP contribution in [0.25, 0.3) is 0 Å². The smallest absolute Gasteiger partial charge is 0.0294 e. The fourth-order valence-electron chi connectivity index (χ4n) is 3.43. The first-order valence-corrected chi connectivity index (χ1v) is 8.32. The predicted molar refractivity (Wildman–Crippen MR) is 87.9 cm³/mol. The molecule has 1 aromatic rings. The van der Waals surface area contributed by atoms with E-state index in [2.05, 4.69) is 64.2 Å². The Bertz CT molecular complexity index is 406. The molecule has 1 saturated carbocycles. The van der Waals surface area contributed by atoms with Gasteiger partial charge in [0.25, 0.3) is 0 Å². The van der Waals surface area contributed by atoms with Crippen LogP contribution in [0.3, 0.4) is 0 Å². The molecular weight excluding hydrogens is 242 g/mol. The summed E-state index contributed by atoms with van der Waals surface area (Å²) in [6, 6.07) is 10.4. The van der Waals surface area contributed by atoms with Crippen LogP contribution >= 0.6 is 0 Å². The standard InChI is InChI=1S/C19H31N/c1-13(2)12-17-7-9-18(10-8-17)16(5)20-19-11-6-14(3)15(19)4/h7-10,13-16,19-20H,6,11-12H2,1-5H3. The van der Waals surface area contributed by atoms with E-state index in [9.17, 15) is 0 Å². The van der Waals surface area contributed by atoms with Crippen LogP contribution in [0.1, 0.15) is 64.6 Å². The molecule has 1 N–H and O–H groups in total. The van der Waals surface area contributed by atoms with E-state index in [0.717, 1.165) is 17.8 Å². The first-order chi connectivity index (χ1) is 9.47. The van der Waals surface area contributed by atoms with Crippen molar-refractivity contribution in [1.29, 1.82) is 0 Å². The van der Waals surface area contributed by atoms with Crippen LogP contribution in [0, 0.1) is 17.8 Å². The summed E-state index contributed by atoms with van der Waals surface area (Å²) in [6.07, 6.45) is 3.89. The summed E-state index contributed by atoms with van der Waals surface area (Å²) < 4.78 is 0. The molecule has 0 aromatic heterocycles. The molecule has 1 aliphatic rings. The number of benzene rings is 1. The Morgan fingerprint density at radius 3 is 2.20 bits per heavy atom. The van der Waals surface area contributed by atoms with Crippen molar-refractivity contribution >= 4 is 0 Å². The lowest BCUT2D eigenvalue weighted by Crippen LogP contribution is -2.34. The van der Waals surface area contributed by atoms with Gasteiger partial charge >= 0.3 is 0 Å². The number of nitrogens with one attached hydrogen (secondary N) is 1. The minimum absolute atomic E-state index is 0.459. The zero-order valence-electron chi connectivity index (χ0n) is 13.8. The second-order valence-corrected chi connectivity index (χ2v) is 7.25. The zero-order chi connectivity index (χ0) is 14.7. The van der Waals surface area contributed by atoms with Gasteiger partial charge in [0.1, 0.15) is 0 Å². The molecule has 20 heavy (non-hydrogen) atoms. The van der Waals surface area contributed by atoms with Crippen LogP contribution in [0.4, 0.5) is 0 Å². The maximum Gasteiger partial charge on any atom is 0.0294 e. The van der Waals surface area contributed by atoms with Crippen molar-refractivity contribution in [3.8, 4) is 0 Å². The maximum atomic E-state index is 3.84. The second kappa shape index (κ2) is 6.76. The average Bonchev–Trinajstić information content (AvgIpc) is 2.71.